The van der Waals surface area contributed by atoms with E-state index in [2.05, 4.69) is 10.3 Å². The lowest BCUT2D eigenvalue weighted by molar-refractivity contribution is -0.0261. The summed E-state index contributed by atoms with van der Waals surface area (Å²) in [5, 5.41) is 12.9. The van der Waals surface area contributed by atoms with Crippen LogP contribution >= 0.6 is 0 Å². The van der Waals surface area contributed by atoms with Gasteiger partial charge in [0, 0.05) is 31.1 Å². The van der Waals surface area contributed by atoms with Crippen molar-refractivity contribution >= 4 is 22.8 Å². The number of pyridine rings is 1. The highest BCUT2D eigenvalue weighted by molar-refractivity contribution is 5.96. The van der Waals surface area contributed by atoms with Crippen LogP contribution < -0.4 is 5.32 Å². The molecule has 0 spiro atoms. The van der Waals surface area contributed by atoms with Crippen molar-refractivity contribution in [2.45, 2.75) is 51.2 Å². The third-order valence-electron chi connectivity index (χ3n) is 5.85. The molecule has 174 valence electrons. The van der Waals surface area contributed by atoms with Gasteiger partial charge in [-0.25, -0.2) is 9.37 Å². The van der Waals surface area contributed by atoms with Crippen molar-refractivity contribution in [3.63, 3.8) is 0 Å². The van der Waals surface area contributed by atoms with Crippen LogP contribution in [0.2, 0.25) is 0 Å². The van der Waals surface area contributed by atoms with Gasteiger partial charge in [0.2, 0.25) is 0 Å². The molecule has 0 unspecified atom stereocenters. The first-order valence-electron chi connectivity index (χ1n) is 11.2. The molecule has 0 bridgehead atoms. The van der Waals surface area contributed by atoms with Gasteiger partial charge >= 0.3 is 0 Å². The highest BCUT2D eigenvalue weighted by Crippen LogP contribution is 2.24. The number of aliphatic hydroxyl groups is 1. The minimum absolute atomic E-state index is 0.0974. The second kappa shape index (κ2) is 10.2. The first-order valence-corrected chi connectivity index (χ1v) is 11.2. The summed E-state index contributed by atoms with van der Waals surface area (Å²) in [6.07, 6.45) is 3.44. The Morgan fingerprint density at radius 1 is 1.27 bits per heavy atom. The van der Waals surface area contributed by atoms with Gasteiger partial charge in [-0.1, -0.05) is 19.4 Å². The summed E-state index contributed by atoms with van der Waals surface area (Å²) >= 11 is 0. The van der Waals surface area contributed by atoms with Crippen LogP contribution in [-0.4, -0.2) is 47.1 Å². The largest absolute Gasteiger partial charge is 0.462 e. The Kier molecular flexibility index (Phi) is 7.15. The van der Waals surface area contributed by atoms with Crippen molar-refractivity contribution in [1.82, 2.24) is 10.3 Å². The van der Waals surface area contributed by atoms with Crippen molar-refractivity contribution in [2.75, 3.05) is 13.2 Å². The molecule has 8 heteroatoms. The Bertz CT molecular complexity index is 1160. The summed E-state index contributed by atoms with van der Waals surface area (Å²) in [4.78, 5) is 29.4. The molecule has 1 aliphatic heterocycles. The third-order valence-corrected chi connectivity index (χ3v) is 5.85. The second-order valence-electron chi connectivity index (χ2n) is 8.33. The van der Waals surface area contributed by atoms with Crippen molar-refractivity contribution in [2.24, 2.45) is 0 Å². The fourth-order valence-corrected chi connectivity index (χ4v) is 3.99. The van der Waals surface area contributed by atoms with Gasteiger partial charge in [0.25, 0.3) is 5.91 Å². The monoisotopic (exact) mass is 454 g/mol. The van der Waals surface area contributed by atoms with E-state index in [1.807, 2.05) is 6.92 Å². The predicted molar refractivity (Wildman–Crippen MR) is 120 cm³/mol. The first kappa shape index (κ1) is 23.1. The van der Waals surface area contributed by atoms with Crippen LogP contribution in [0.5, 0.6) is 0 Å². The van der Waals surface area contributed by atoms with Crippen LogP contribution in [0.3, 0.4) is 0 Å². The number of ether oxygens (including phenoxy) is 1. The molecule has 1 saturated heterocycles. The highest BCUT2D eigenvalue weighted by Gasteiger charge is 2.26. The Morgan fingerprint density at radius 2 is 2.12 bits per heavy atom. The number of carbonyl (C=O) groups excluding carboxylic acids is 2. The molecule has 1 aliphatic rings. The van der Waals surface area contributed by atoms with E-state index in [1.54, 1.807) is 18.2 Å². The summed E-state index contributed by atoms with van der Waals surface area (Å²) in [5.41, 5.74) is 2.63. The van der Waals surface area contributed by atoms with E-state index in [0.717, 1.165) is 12.8 Å². The number of rotatable bonds is 8. The van der Waals surface area contributed by atoms with Crippen LogP contribution in [-0.2, 0) is 11.2 Å². The van der Waals surface area contributed by atoms with Crippen molar-refractivity contribution in [1.29, 1.82) is 0 Å². The van der Waals surface area contributed by atoms with E-state index in [4.69, 9.17) is 9.15 Å². The summed E-state index contributed by atoms with van der Waals surface area (Å²) in [5.74, 6) is -1.16. The molecule has 0 saturated carbocycles. The minimum Gasteiger partial charge on any atom is -0.462 e. The number of benzene rings is 1. The zero-order chi connectivity index (χ0) is 23.4. The van der Waals surface area contributed by atoms with Gasteiger partial charge in [-0.15, -0.1) is 0 Å². The molecule has 33 heavy (non-hydrogen) atoms. The number of furan rings is 1. The highest BCUT2D eigenvalue weighted by atomic mass is 19.1. The zero-order valence-corrected chi connectivity index (χ0v) is 18.5. The topological polar surface area (TPSA) is 102 Å². The average molecular weight is 454 g/mol. The number of halogens is 1. The number of amides is 1. The van der Waals surface area contributed by atoms with E-state index in [9.17, 15) is 19.1 Å². The Morgan fingerprint density at radius 3 is 2.88 bits per heavy atom. The number of fused-ring (bicyclic) bond motifs is 1. The van der Waals surface area contributed by atoms with Crippen molar-refractivity contribution in [3.05, 3.63) is 64.8 Å². The number of unbranched alkanes of at least 4 members (excludes halogenated alkanes) is 1. The fraction of sp³-hybridized carbons (Fsp3) is 0.400. The number of Topliss-reactive ketones (excluding diaryl/α,β-unsaturated/α-hetero) is 1. The Hall–Kier alpha value is -3.10. The molecule has 3 heterocycles. The maximum absolute atomic E-state index is 14.6. The van der Waals surface area contributed by atoms with Gasteiger partial charge in [-0.2, -0.15) is 0 Å². The van der Waals surface area contributed by atoms with E-state index < -0.39 is 23.9 Å². The molecular weight excluding hydrogens is 427 g/mol. The zero-order valence-electron chi connectivity index (χ0n) is 18.5. The van der Waals surface area contributed by atoms with Gasteiger partial charge in [0.15, 0.2) is 11.4 Å². The molecule has 0 radical (unpaired) electrons. The van der Waals surface area contributed by atoms with Gasteiger partial charge in [0.1, 0.15) is 17.0 Å². The average Bonchev–Trinajstić information content (AvgIpc) is 3.28. The lowest BCUT2D eigenvalue weighted by Gasteiger charge is -2.28. The molecule has 4 rings (SSSR count). The number of aromatic nitrogens is 1. The number of hydrogen-bond acceptors (Lipinski definition) is 6. The van der Waals surface area contributed by atoms with Crippen LogP contribution in [0.4, 0.5) is 4.39 Å². The maximum atomic E-state index is 14.6. The Balaban J connectivity index is 1.56. The summed E-state index contributed by atoms with van der Waals surface area (Å²) < 4.78 is 25.4. The molecule has 1 amide bonds. The molecule has 3 aromatic rings. The van der Waals surface area contributed by atoms with E-state index in [0.29, 0.717) is 48.1 Å². The summed E-state index contributed by atoms with van der Waals surface area (Å²) in [6.45, 7) is 2.62. The maximum Gasteiger partial charge on any atom is 0.270 e. The van der Waals surface area contributed by atoms with Crippen LogP contribution in [0, 0.1) is 5.82 Å². The third kappa shape index (κ3) is 5.29. The quantitative estimate of drug-likeness (QED) is 0.502. The number of ketones is 1. The lowest BCUT2D eigenvalue weighted by Crippen LogP contribution is -2.48. The van der Waals surface area contributed by atoms with Crippen LogP contribution in [0.15, 0.2) is 41.0 Å². The molecule has 2 N–H and O–H groups in total. The van der Waals surface area contributed by atoms with Gasteiger partial charge < -0.3 is 19.6 Å². The van der Waals surface area contributed by atoms with E-state index in [1.165, 1.54) is 18.4 Å². The van der Waals surface area contributed by atoms with Crippen LogP contribution in [0.25, 0.3) is 11.1 Å². The SMILES string of the molecule is CCCCC(=O)c1ccc(Cc2cc(C(=O)N[C@H]3CCOC[C@@H]3O)nc3ccoc23)cc1F. The van der Waals surface area contributed by atoms with E-state index >= 15 is 0 Å². The number of carbonyl (C=O) groups is 2. The lowest BCUT2D eigenvalue weighted by atomic mass is 9.99. The fourth-order valence-electron chi connectivity index (χ4n) is 3.99. The van der Waals surface area contributed by atoms with Crippen molar-refractivity contribution in [3.8, 4) is 0 Å². The van der Waals surface area contributed by atoms with Crippen LogP contribution in [0.1, 0.15) is 64.6 Å². The number of nitrogens with zero attached hydrogens (tertiary/aromatic N) is 1. The summed E-state index contributed by atoms with van der Waals surface area (Å²) in [7, 11) is 0. The minimum atomic E-state index is -0.777. The Labute approximate surface area is 191 Å². The normalized spacial score (nSPS) is 18.4. The molecule has 2 aromatic heterocycles. The number of nitrogens with one attached hydrogen (secondary N) is 1. The number of aliphatic hydroxyl groups excluding tert-OH is 1. The van der Waals surface area contributed by atoms with Gasteiger partial charge in [-0.3, -0.25) is 9.59 Å². The standard InChI is InChI=1S/C25H27FN2O5/c1-2-3-4-22(29)17-6-5-15(12-18(17)26)11-16-13-21(27-20-8-10-33-24(16)20)25(31)28-19-7-9-32-14-23(19)30/h5-6,8,10,12-13,19,23,30H,2-4,7,9,11,14H2,1H3,(H,28,31)/t19-,23-/m0/s1. The molecular formula is C25H27FN2O5. The molecule has 1 aromatic carbocycles. The molecule has 7 nitrogen and oxygen atoms in total. The second-order valence-corrected chi connectivity index (χ2v) is 8.33. The number of hydrogen-bond donors (Lipinski definition) is 2. The van der Waals surface area contributed by atoms with Gasteiger partial charge in [-0.05, 0) is 36.6 Å². The van der Waals surface area contributed by atoms with Crippen molar-refractivity contribution < 1.29 is 28.2 Å². The van der Waals surface area contributed by atoms with E-state index in [-0.39, 0.29) is 23.6 Å². The molecule has 0 aliphatic carbocycles. The smallest absolute Gasteiger partial charge is 0.270 e. The summed E-state index contributed by atoms with van der Waals surface area (Å²) in [6, 6.07) is 7.45. The predicted octanol–water partition coefficient (Wildman–Crippen LogP) is 3.81. The molecule has 2 atom stereocenters. The van der Waals surface area contributed by atoms with Gasteiger partial charge in [0.05, 0.1) is 30.6 Å². The molecule has 1 fully saturated rings. The first-order chi connectivity index (χ1) is 16.0.